The van der Waals surface area contributed by atoms with E-state index in [1.54, 1.807) is 4.68 Å². The van der Waals surface area contributed by atoms with Crippen LogP contribution in [0.1, 0.15) is 12.6 Å². The molecular weight excluding hydrogens is 154 g/mol. The second-order valence-corrected chi connectivity index (χ2v) is 3.03. The molecule has 0 fully saturated rings. The van der Waals surface area contributed by atoms with Gasteiger partial charge in [0, 0.05) is 19.3 Å². The van der Waals surface area contributed by atoms with Gasteiger partial charge in [0.05, 0.1) is 18.0 Å². The molecule has 12 heavy (non-hydrogen) atoms. The third kappa shape index (κ3) is 1.98. The average molecular weight is 169 g/mol. The summed E-state index contributed by atoms with van der Waals surface area (Å²) in [5.41, 5.74) is 1.94. The van der Waals surface area contributed by atoms with Crippen LogP contribution in [-0.4, -0.2) is 27.5 Å². The summed E-state index contributed by atoms with van der Waals surface area (Å²) in [6.45, 7) is 3.99. The molecule has 1 atom stereocenters. The van der Waals surface area contributed by atoms with Crippen LogP contribution in [-0.2, 0) is 7.05 Å². The molecule has 0 aliphatic rings. The highest BCUT2D eigenvalue weighted by Crippen LogP contribution is 2.12. The smallest absolute Gasteiger partial charge is 0.0825 e. The standard InChI is InChI=1S/C8H15N3O/c1-6(5-12)9-8-4-11(3)10-7(8)2/h4,6,9,12H,5H2,1-3H3. The Morgan fingerprint density at radius 3 is 2.83 bits per heavy atom. The fourth-order valence-electron chi connectivity index (χ4n) is 1.05. The number of hydrogen-bond acceptors (Lipinski definition) is 3. The van der Waals surface area contributed by atoms with E-state index >= 15 is 0 Å². The Balaban J connectivity index is 2.68. The number of nitrogens with zero attached hydrogens (tertiary/aromatic N) is 2. The number of rotatable bonds is 3. The highest BCUT2D eigenvalue weighted by atomic mass is 16.3. The van der Waals surface area contributed by atoms with Crippen LogP contribution in [0.25, 0.3) is 0 Å². The molecule has 68 valence electrons. The van der Waals surface area contributed by atoms with E-state index < -0.39 is 0 Å². The third-order valence-electron chi connectivity index (χ3n) is 1.69. The van der Waals surface area contributed by atoms with Gasteiger partial charge in [-0.05, 0) is 13.8 Å². The van der Waals surface area contributed by atoms with Gasteiger partial charge in [-0.1, -0.05) is 0 Å². The van der Waals surface area contributed by atoms with Crippen molar-refractivity contribution in [2.45, 2.75) is 19.9 Å². The monoisotopic (exact) mass is 169 g/mol. The minimum Gasteiger partial charge on any atom is -0.394 e. The van der Waals surface area contributed by atoms with E-state index in [4.69, 9.17) is 5.11 Å². The molecule has 0 aliphatic carbocycles. The first-order valence-electron chi connectivity index (χ1n) is 4.01. The van der Waals surface area contributed by atoms with E-state index in [-0.39, 0.29) is 12.6 Å². The molecule has 1 unspecified atom stereocenters. The van der Waals surface area contributed by atoms with Crippen LogP contribution in [0.3, 0.4) is 0 Å². The van der Waals surface area contributed by atoms with Crippen LogP contribution >= 0.6 is 0 Å². The first-order valence-corrected chi connectivity index (χ1v) is 4.01. The maximum atomic E-state index is 8.80. The van der Waals surface area contributed by atoms with E-state index in [1.807, 2.05) is 27.1 Å². The number of anilines is 1. The minimum absolute atomic E-state index is 0.0768. The molecule has 0 spiro atoms. The maximum absolute atomic E-state index is 8.80. The second kappa shape index (κ2) is 3.58. The third-order valence-corrected chi connectivity index (χ3v) is 1.69. The van der Waals surface area contributed by atoms with Gasteiger partial charge in [-0.2, -0.15) is 5.10 Å². The molecule has 0 aliphatic heterocycles. The van der Waals surface area contributed by atoms with Gasteiger partial charge in [-0.3, -0.25) is 4.68 Å². The summed E-state index contributed by atoms with van der Waals surface area (Å²) in [5.74, 6) is 0. The van der Waals surface area contributed by atoms with E-state index in [0.717, 1.165) is 11.4 Å². The van der Waals surface area contributed by atoms with Gasteiger partial charge in [-0.25, -0.2) is 0 Å². The largest absolute Gasteiger partial charge is 0.394 e. The molecule has 4 heteroatoms. The van der Waals surface area contributed by atoms with Gasteiger partial charge in [0.25, 0.3) is 0 Å². The maximum Gasteiger partial charge on any atom is 0.0825 e. The molecule has 1 aromatic rings. The Labute approximate surface area is 72.2 Å². The number of aliphatic hydroxyl groups is 1. The van der Waals surface area contributed by atoms with E-state index in [0.29, 0.717) is 0 Å². The molecule has 2 N–H and O–H groups in total. The second-order valence-electron chi connectivity index (χ2n) is 3.03. The van der Waals surface area contributed by atoms with Crippen molar-refractivity contribution in [3.63, 3.8) is 0 Å². The molecule has 0 amide bonds. The van der Waals surface area contributed by atoms with Crippen molar-refractivity contribution in [3.8, 4) is 0 Å². The van der Waals surface area contributed by atoms with Crippen LogP contribution in [0.5, 0.6) is 0 Å². The van der Waals surface area contributed by atoms with Crippen molar-refractivity contribution >= 4 is 5.69 Å². The van der Waals surface area contributed by atoms with Gasteiger partial charge in [0.1, 0.15) is 0 Å². The highest BCUT2D eigenvalue weighted by molar-refractivity contribution is 5.46. The van der Waals surface area contributed by atoms with Crippen LogP contribution < -0.4 is 5.32 Å². The number of hydrogen-bond donors (Lipinski definition) is 2. The lowest BCUT2D eigenvalue weighted by Crippen LogP contribution is -2.19. The number of aliphatic hydroxyl groups excluding tert-OH is 1. The topological polar surface area (TPSA) is 50.1 Å². The van der Waals surface area contributed by atoms with Crippen molar-refractivity contribution in [1.29, 1.82) is 0 Å². The van der Waals surface area contributed by atoms with Crippen LogP contribution in [0, 0.1) is 6.92 Å². The molecule has 4 nitrogen and oxygen atoms in total. The van der Waals surface area contributed by atoms with E-state index in [2.05, 4.69) is 10.4 Å². The van der Waals surface area contributed by atoms with Crippen molar-refractivity contribution in [3.05, 3.63) is 11.9 Å². The zero-order valence-corrected chi connectivity index (χ0v) is 7.70. The molecule has 0 aromatic carbocycles. The predicted molar refractivity (Wildman–Crippen MR) is 48.1 cm³/mol. The summed E-state index contributed by atoms with van der Waals surface area (Å²) in [7, 11) is 1.88. The van der Waals surface area contributed by atoms with E-state index in [9.17, 15) is 0 Å². The number of nitrogens with one attached hydrogen (secondary N) is 1. The fraction of sp³-hybridized carbons (Fsp3) is 0.625. The number of aromatic nitrogens is 2. The molecule has 0 bridgehead atoms. The Morgan fingerprint density at radius 1 is 1.75 bits per heavy atom. The Kier molecular flexibility index (Phi) is 2.70. The Bertz CT molecular complexity index is 257. The quantitative estimate of drug-likeness (QED) is 0.693. The lowest BCUT2D eigenvalue weighted by molar-refractivity contribution is 0.281. The molecule has 0 radical (unpaired) electrons. The molecule has 0 saturated carbocycles. The molecule has 1 rings (SSSR count). The first-order chi connectivity index (χ1) is 5.63. The molecule has 1 aromatic heterocycles. The Morgan fingerprint density at radius 2 is 2.42 bits per heavy atom. The summed E-state index contributed by atoms with van der Waals surface area (Å²) in [6, 6.07) is 0.0768. The average Bonchev–Trinajstić information content (AvgIpc) is 2.30. The van der Waals surface area contributed by atoms with E-state index in [1.165, 1.54) is 0 Å². The number of aryl methyl sites for hydroxylation is 2. The first kappa shape index (κ1) is 9.06. The predicted octanol–water partition coefficient (Wildman–Crippen LogP) is 0.521. The molecule has 1 heterocycles. The zero-order valence-electron chi connectivity index (χ0n) is 7.70. The summed E-state index contributed by atoms with van der Waals surface area (Å²) in [4.78, 5) is 0. The van der Waals surface area contributed by atoms with Crippen molar-refractivity contribution in [2.75, 3.05) is 11.9 Å². The minimum atomic E-state index is 0.0768. The van der Waals surface area contributed by atoms with Crippen molar-refractivity contribution < 1.29 is 5.11 Å². The van der Waals surface area contributed by atoms with Crippen molar-refractivity contribution in [1.82, 2.24) is 9.78 Å². The fourth-order valence-corrected chi connectivity index (χ4v) is 1.05. The highest BCUT2D eigenvalue weighted by Gasteiger charge is 2.05. The molecular formula is C8H15N3O. The van der Waals surface area contributed by atoms with Gasteiger partial charge in [0.2, 0.25) is 0 Å². The lowest BCUT2D eigenvalue weighted by Gasteiger charge is -2.10. The van der Waals surface area contributed by atoms with Crippen molar-refractivity contribution in [2.24, 2.45) is 7.05 Å². The van der Waals surface area contributed by atoms with Gasteiger partial charge in [-0.15, -0.1) is 0 Å². The van der Waals surface area contributed by atoms with Crippen LogP contribution in [0.2, 0.25) is 0 Å². The van der Waals surface area contributed by atoms with Gasteiger partial charge >= 0.3 is 0 Å². The molecule has 0 saturated heterocycles. The Hall–Kier alpha value is -1.03. The summed E-state index contributed by atoms with van der Waals surface area (Å²) in [5, 5.41) is 16.1. The summed E-state index contributed by atoms with van der Waals surface area (Å²) < 4.78 is 1.75. The summed E-state index contributed by atoms with van der Waals surface area (Å²) >= 11 is 0. The van der Waals surface area contributed by atoms with Gasteiger partial charge < -0.3 is 10.4 Å². The zero-order chi connectivity index (χ0) is 9.14. The van der Waals surface area contributed by atoms with Gasteiger partial charge in [0.15, 0.2) is 0 Å². The lowest BCUT2D eigenvalue weighted by atomic mass is 10.3. The normalized spacial score (nSPS) is 13.0. The van der Waals surface area contributed by atoms with Crippen LogP contribution in [0.15, 0.2) is 6.20 Å². The SMILES string of the molecule is Cc1nn(C)cc1NC(C)CO. The summed E-state index contributed by atoms with van der Waals surface area (Å²) in [6.07, 6.45) is 1.90. The van der Waals surface area contributed by atoms with Crippen LogP contribution in [0.4, 0.5) is 5.69 Å².